The second-order valence-corrected chi connectivity index (χ2v) is 5.89. The summed E-state index contributed by atoms with van der Waals surface area (Å²) < 4.78 is 1.64. The van der Waals surface area contributed by atoms with Crippen molar-refractivity contribution in [2.24, 2.45) is 0 Å². The van der Waals surface area contributed by atoms with Gasteiger partial charge in [-0.15, -0.1) is 11.3 Å². The van der Waals surface area contributed by atoms with Crippen molar-refractivity contribution < 1.29 is 0 Å². The predicted octanol–water partition coefficient (Wildman–Crippen LogP) is 2.70. The van der Waals surface area contributed by atoms with E-state index in [-0.39, 0.29) is 5.56 Å². The number of halogens is 1. The number of aromatic amines is 1. The smallest absolute Gasteiger partial charge is 0.306 e. The fraction of sp³-hybridized carbons (Fsp3) is 0.0769. The second kappa shape index (κ2) is 4.36. The van der Waals surface area contributed by atoms with Gasteiger partial charge in [0, 0.05) is 0 Å². The van der Waals surface area contributed by atoms with Gasteiger partial charge in [-0.25, -0.2) is 9.36 Å². The van der Waals surface area contributed by atoms with Gasteiger partial charge in [0.1, 0.15) is 5.00 Å². The molecule has 6 heteroatoms. The molecule has 0 radical (unpaired) electrons. The topological polar surface area (TPSA) is 54.9 Å². The quantitative estimate of drug-likeness (QED) is 0.750. The van der Waals surface area contributed by atoms with Crippen LogP contribution >= 0.6 is 22.9 Å². The van der Waals surface area contributed by atoms with Crippen LogP contribution in [0.25, 0.3) is 15.9 Å². The molecule has 0 unspecified atom stereocenters. The molecule has 0 aliphatic heterocycles. The van der Waals surface area contributed by atoms with Crippen molar-refractivity contribution in [1.82, 2.24) is 9.55 Å². The zero-order chi connectivity index (χ0) is 13.6. The Hall–Kier alpha value is -1.85. The van der Waals surface area contributed by atoms with Crippen LogP contribution < -0.4 is 11.2 Å². The summed E-state index contributed by atoms with van der Waals surface area (Å²) in [5.74, 6) is 0. The van der Waals surface area contributed by atoms with E-state index in [2.05, 4.69) is 4.98 Å². The van der Waals surface area contributed by atoms with Crippen LogP contribution in [0.1, 0.15) is 5.56 Å². The monoisotopic (exact) mass is 292 g/mol. The molecule has 2 aromatic heterocycles. The summed E-state index contributed by atoms with van der Waals surface area (Å²) in [6.07, 6.45) is 0. The summed E-state index contributed by atoms with van der Waals surface area (Å²) in [5.41, 5.74) is 0.743. The Morgan fingerprint density at radius 3 is 2.68 bits per heavy atom. The number of aryl methyl sites for hydroxylation is 1. The molecular formula is C13H9ClN2O2S. The first-order valence-electron chi connectivity index (χ1n) is 5.58. The fourth-order valence-corrected chi connectivity index (χ4v) is 2.99. The van der Waals surface area contributed by atoms with Crippen molar-refractivity contribution in [3.8, 4) is 5.00 Å². The lowest BCUT2D eigenvalue weighted by atomic mass is 10.2. The number of hydrogen-bond acceptors (Lipinski definition) is 3. The maximum atomic E-state index is 12.4. The molecule has 0 fully saturated rings. The van der Waals surface area contributed by atoms with Gasteiger partial charge in [-0.3, -0.25) is 4.79 Å². The van der Waals surface area contributed by atoms with E-state index in [1.54, 1.807) is 24.3 Å². The summed E-state index contributed by atoms with van der Waals surface area (Å²) in [7, 11) is 0. The number of fused-ring (bicyclic) bond motifs is 1. The highest BCUT2D eigenvalue weighted by Crippen LogP contribution is 2.23. The van der Waals surface area contributed by atoms with E-state index in [4.69, 9.17) is 11.6 Å². The first-order valence-corrected chi connectivity index (χ1v) is 6.77. The molecule has 0 atom stereocenters. The van der Waals surface area contributed by atoms with Gasteiger partial charge >= 0.3 is 5.69 Å². The second-order valence-electron chi connectivity index (χ2n) is 4.20. The Morgan fingerprint density at radius 2 is 2.00 bits per heavy atom. The highest BCUT2D eigenvalue weighted by atomic mass is 35.5. The number of aromatic nitrogens is 2. The lowest BCUT2D eigenvalue weighted by molar-refractivity contribution is 0.917. The van der Waals surface area contributed by atoms with E-state index in [1.165, 1.54) is 11.3 Å². The number of nitrogens with one attached hydrogen (secondary N) is 1. The minimum Gasteiger partial charge on any atom is -0.306 e. The summed E-state index contributed by atoms with van der Waals surface area (Å²) >= 11 is 7.03. The molecule has 0 spiro atoms. The molecule has 0 aliphatic carbocycles. The molecular weight excluding hydrogens is 284 g/mol. The normalized spacial score (nSPS) is 11.1. The number of benzene rings is 1. The van der Waals surface area contributed by atoms with E-state index in [1.807, 2.05) is 13.0 Å². The first-order chi connectivity index (χ1) is 9.06. The van der Waals surface area contributed by atoms with Crippen molar-refractivity contribution in [1.29, 1.82) is 0 Å². The van der Waals surface area contributed by atoms with Crippen LogP contribution in [0.4, 0.5) is 0 Å². The van der Waals surface area contributed by atoms with Crippen molar-refractivity contribution >= 4 is 33.8 Å². The molecule has 96 valence electrons. The Morgan fingerprint density at radius 1 is 1.21 bits per heavy atom. The van der Waals surface area contributed by atoms with E-state index in [0.29, 0.717) is 20.2 Å². The van der Waals surface area contributed by atoms with Crippen LogP contribution in [0, 0.1) is 6.92 Å². The summed E-state index contributed by atoms with van der Waals surface area (Å²) in [6.45, 7) is 1.91. The molecule has 4 nitrogen and oxygen atoms in total. The number of H-pyrrole nitrogens is 1. The summed E-state index contributed by atoms with van der Waals surface area (Å²) in [4.78, 5) is 27.1. The molecule has 3 rings (SSSR count). The molecule has 0 saturated carbocycles. The molecule has 0 amide bonds. The van der Waals surface area contributed by atoms with Crippen LogP contribution in [0.3, 0.4) is 0 Å². The van der Waals surface area contributed by atoms with Crippen LogP contribution in [0.15, 0.2) is 39.9 Å². The summed E-state index contributed by atoms with van der Waals surface area (Å²) in [6, 6.07) is 8.66. The maximum Gasteiger partial charge on any atom is 0.334 e. The number of nitrogens with zero attached hydrogens (tertiary/aromatic N) is 1. The third kappa shape index (κ3) is 2.01. The largest absolute Gasteiger partial charge is 0.334 e. The van der Waals surface area contributed by atoms with Crippen molar-refractivity contribution in [2.45, 2.75) is 6.92 Å². The van der Waals surface area contributed by atoms with E-state index < -0.39 is 5.69 Å². The zero-order valence-corrected chi connectivity index (χ0v) is 11.5. The van der Waals surface area contributed by atoms with E-state index in [0.717, 1.165) is 10.1 Å². The van der Waals surface area contributed by atoms with Gasteiger partial charge < -0.3 is 4.98 Å². The minimum absolute atomic E-state index is 0.336. The van der Waals surface area contributed by atoms with Crippen molar-refractivity contribution in [3.05, 3.63) is 61.1 Å². The maximum absolute atomic E-state index is 12.4. The third-order valence-electron chi connectivity index (χ3n) is 2.83. The molecule has 0 bridgehead atoms. The standard InChI is InChI=1S/C13H9ClN2O2S/c1-7-2-3-8-9(6-7)15-13(18)16(12(8)17)11-5-4-10(14)19-11/h2-6H,1H3,(H,15,18). The molecule has 0 aliphatic rings. The molecule has 19 heavy (non-hydrogen) atoms. The first kappa shape index (κ1) is 12.2. The summed E-state index contributed by atoms with van der Waals surface area (Å²) in [5, 5.41) is 0.994. The highest BCUT2D eigenvalue weighted by Gasteiger charge is 2.11. The van der Waals surface area contributed by atoms with Crippen molar-refractivity contribution in [2.75, 3.05) is 0 Å². The number of thiophene rings is 1. The SMILES string of the molecule is Cc1ccc2c(=O)n(-c3ccc(Cl)s3)c(=O)[nH]c2c1. The van der Waals surface area contributed by atoms with Crippen LogP contribution in [-0.2, 0) is 0 Å². The fourth-order valence-electron chi connectivity index (χ4n) is 1.96. The Balaban J connectivity index is 2.41. The van der Waals surface area contributed by atoms with Crippen LogP contribution in [-0.4, -0.2) is 9.55 Å². The molecule has 2 heterocycles. The van der Waals surface area contributed by atoms with E-state index in [9.17, 15) is 9.59 Å². The molecule has 3 aromatic rings. The highest BCUT2D eigenvalue weighted by molar-refractivity contribution is 7.18. The lowest BCUT2D eigenvalue weighted by Crippen LogP contribution is -2.32. The van der Waals surface area contributed by atoms with Gasteiger partial charge in [-0.05, 0) is 36.8 Å². The van der Waals surface area contributed by atoms with Gasteiger partial charge in [0.15, 0.2) is 0 Å². The van der Waals surface area contributed by atoms with Crippen molar-refractivity contribution in [3.63, 3.8) is 0 Å². The van der Waals surface area contributed by atoms with Crippen LogP contribution in [0.2, 0.25) is 4.34 Å². The predicted molar refractivity (Wildman–Crippen MR) is 77.8 cm³/mol. The Kier molecular flexibility index (Phi) is 2.80. The number of hydrogen-bond donors (Lipinski definition) is 1. The average Bonchev–Trinajstić information content (AvgIpc) is 2.75. The lowest BCUT2D eigenvalue weighted by Gasteiger charge is -2.04. The molecule has 1 N–H and O–H groups in total. The van der Waals surface area contributed by atoms with Gasteiger partial charge in [0.05, 0.1) is 15.2 Å². The zero-order valence-electron chi connectivity index (χ0n) is 9.94. The number of rotatable bonds is 1. The average molecular weight is 293 g/mol. The van der Waals surface area contributed by atoms with Gasteiger partial charge in [0.2, 0.25) is 0 Å². The van der Waals surface area contributed by atoms with Gasteiger partial charge in [0.25, 0.3) is 5.56 Å². The van der Waals surface area contributed by atoms with Gasteiger partial charge in [-0.1, -0.05) is 17.7 Å². The third-order valence-corrected chi connectivity index (χ3v) is 4.05. The minimum atomic E-state index is -0.457. The van der Waals surface area contributed by atoms with Gasteiger partial charge in [-0.2, -0.15) is 0 Å². The Bertz CT molecular complexity index is 892. The van der Waals surface area contributed by atoms with Crippen LogP contribution in [0.5, 0.6) is 0 Å². The Labute approximate surface area is 116 Å². The molecule has 0 saturated heterocycles. The molecule has 1 aromatic carbocycles. The van der Waals surface area contributed by atoms with E-state index >= 15 is 0 Å².